The minimum atomic E-state index is -3.23. The predicted molar refractivity (Wildman–Crippen MR) is 61.5 cm³/mol. The van der Waals surface area contributed by atoms with Gasteiger partial charge >= 0.3 is 7.52 Å². The van der Waals surface area contributed by atoms with E-state index in [2.05, 4.69) is 6.92 Å². The lowest BCUT2D eigenvalue weighted by atomic mass is 10.1. The molecule has 15 heavy (non-hydrogen) atoms. The van der Waals surface area contributed by atoms with Crippen LogP contribution in [0.25, 0.3) is 0 Å². The maximum Gasteiger partial charge on any atom is 0.370 e. The standard InChI is InChI=1S/C10H21N2O2P/c1-5-7-10(3)8-14-15(13,9-11)12(4)6-2/h10H,5-8H2,1-4H3. The maximum absolute atomic E-state index is 12.0. The van der Waals surface area contributed by atoms with Crippen LogP contribution in [-0.2, 0) is 9.09 Å². The van der Waals surface area contributed by atoms with E-state index >= 15 is 0 Å². The Balaban J connectivity index is 4.23. The van der Waals surface area contributed by atoms with E-state index in [1.807, 2.05) is 13.8 Å². The fourth-order valence-corrected chi connectivity index (χ4v) is 2.43. The summed E-state index contributed by atoms with van der Waals surface area (Å²) in [6.07, 6.45) is 2.10. The van der Waals surface area contributed by atoms with Gasteiger partial charge in [-0.25, -0.2) is 4.67 Å². The van der Waals surface area contributed by atoms with Crippen LogP contribution in [0, 0.1) is 17.0 Å². The van der Waals surface area contributed by atoms with E-state index in [1.54, 1.807) is 12.9 Å². The molecule has 0 rings (SSSR count). The zero-order valence-electron chi connectivity index (χ0n) is 10.1. The minimum absolute atomic E-state index is 0.349. The van der Waals surface area contributed by atoms with Crippen molar-refractivity contribution in [3.63, 3.8) is 0 Å². The summed E-state index contributed by atoms with van der Waals surface area (Å²) in [5.41, 5.74) is 0. The lowest BCUT2D eigenvalue weighted by Gasteiger charge is -2.21. The summed E-state index contributed by atoms with van der Waals surface area (Å²) in [6, 6.07) is 0. The van der Waals surface area contributed by atoms with Crippen molar-refractivity contribution in [2.45, 2.75) is 33.6 Å². The molecule has 5 heteroatoms. The van der Waals surface area contributed by atoms with Crippen LogP contribution >= 0.6 is 7.52 Å². The van der Waals surface area contributed by atoms with Gasteiger partial charge in [0.2, 0.25) is 0 Å². The zero-order valence-corrected chi connectivity index (χ0v) is 11.0. The van der Waals surface area contributed by atoms with Crippen molar-refractivity contribution in [2.75, 3.05) is 20.2 Å². The molecule has 0 spiro atoms. The van der Waals surface area contributed by atoms with Gasteiger partial charge in [0.25, 0.3) is 0 Å². The zero-order chi connectivity index (χ0) is 11.9. The van der Waals surface area contributed by atoms with E-state index < -0.39 is 7.52 Å². The molecule has 4 nitrogen and oxygen atoms in total. The summed E-state index contributed by atoms with van der Waals surface area (Å²) in [5, 5.41) is 8.85. The van der Waals surface area contributed by atoms with E-state index in [9.17, 15) is 4.57 Å². The second-order valence-electron chi connectivity index (χ2n) is 3.78. The molecule has 0 aromatic carbocycles. The minimum Gasteiger partial charge on any atom is -0.307 e. The van der Waals surface area contributed by atoms with Crippen LogP contribution in [0.2, 0.25) is 0 Å². The van der Waals surface area contributed by atoms with E-state index in [0.717, 1.165) is 12.8 Å². The molecule has 0 aliphatic heterocycles. The Morgan fingerprint density at radius 1 is 1.53 bits per heavy atom. The van der Waals surface area contributed by atoms with Crippen LogP contribution in [0.3, 0.4) is 0 Å². The van der Waals surface area contributed by atoms with Crippen molar-refractivity contribution in [3.05, 3.63) is 0 Å². The fraction of sp³-hybridized carbons (Fsp3) is 0.900. The summed E-state index contributed by atoms with van der Waals surface area (Å²) in [6.45, 7) is 6.93. The molecule has 0 aliphatic rings. The van der Waals surface area contributed by atoms with Crippen LogP contribution < -0.4 is 0 Å². The summed E-state index contributed by atoms with van der Waals surface area (Å²) < 4.78 is 18.7. The highest BCUT2D eigenvalue weighted by Crippen LogP contribution is 2.48. The first-order chi connectivity index (χ1) is 7.00. The van der Waals surface area contributed by atoms with Crippen molar-refractivity contribution in [1.82, 2.24) is 4.67 Å². The normalized spacial score (nSPS) is 17.1. The van der Waals surface area contributed by atoms with Gasteiger partial charge in [0.05, 0.1) is 6.61 Å². The van der Waals surface area contributed by atoms with Gasteiger partial charge in [0.1, 0.15) is 0 Å². The maximum atomic E-state index is 12.0. The summed E-state index contributed by atoms with van der Waals surface area (Å²) in [5.74, 6) is 2.13. The monoisotopic (exact) mass is 232 g/mol. The van der Waals surface area contributed by atoms with Crippen LogP contribution in [0.4, 0.5) is 0 Å². The molecular weight excluding hydrogens is 211 g/mol. The number of hydrogen-bond donors (Lipinski definition) is 0. The molecular formula is C10H21N2O2P. The van der Waals surface area contributed by atoms with E-state index in [0.29, 0.717) is 19.1 Å². The van der Waals surface area contributed by atoms with Gasteiger partial charge < -0.3 is 4.52 Å². The number of rotatable bonds is 7. The average Bonchev–Trinajstić information content (AvgIpc) is 2.25. The summed E-state index contributed by atoms with van der Waals surface area (Å²) in [4.78, 5) is 0. The Kier molecular flexibility index (Phi) is 6.84. The smallest absolute Gasteiger partial charge is 0.307 e. The van der Waals surface area contributed by atoms with Gasteiger partial charge in [0.15, 0.2) is 5.81 Å². The lowest BCUT2D eigenvalue weighted by Crippen LogP contribution is -2.17. The molecule has 0 heterocycles. The van der Waals surface area contributed by atoms with Gasteiger partial charge in [-0.15, -0.1) is 0 Å². The average molecular weight is 232 g/mol. The molecule has 0 aromatic heterocycles. The van der Waals surface area contributed by atoms with Crippen molar-refractivity contribution < 1.29 is 9.09 Å². The Bertz CT molecular complexity index is 263. The molecule has 88 valence electrons. The van der Waals surface area contributed by atoms with Gasteiger partial charge in [-0.05, 0) is 19.4 Å². The first-order valence-corrected chi connectivity index (χ1v) is 6.95. The highest BCUT2D eigenvalue weighted by Gasteiger charge is 2.28. The summed E-state index contributed by atoms with van der Waals surface area (Å²) in [7, 11) is -1.58. The van der Waals surface area contributed by atoms with E-state index in [1.165, 1.54) is 4.67 Å². The Labute approximate surface area is 92.7 Å². The highest BCUT2D eigenvalue weighted by atomic mass is 31.2. The Hall–Kier alpha value is -0.360. The second-order valence-corrected chi connectivity index (χ2v) is 5.97. The molecule has 0 aliphatic carbocycles. The SMILES string of the molecule is CCCC(C)COP(=O)(C#N)N(C)CC. The molecule has 0 fully saturated rings. The molecule has 0 amide bonds. The number of hydrogen-bond acceptors (Lipinski definition) is 3. The van der Waals surface area contributed by atoms with Crippen molar-refractivity contribution >= 4 is 7.52 Å². The lowest BCUT2D eigenvalue weighted by molar-refractivity contribution is 0.233. The third-order valence-corrected chi connectivity index (χ3v) is 4.28. The van der Waals surface area contributed by atoms with Crippen LogP contribution in [0.1, 0.15) is 33.6 Å². The molecule has 0 radical (unpaired) electrons. The van der Waals surface area contributed by atoms with Gasteiger partial charge in [-0.2, -0.15) is 5.26 Å². The van der Waals surface area contributed by atoms with Crippen molar-refractivity contribution in [2.24, 2.45) is 5.92 Å². The van der Waals surface area contributed by atoms with E-state index in [4.69, 9.17) is 9.79 Å². The Morgan fingerprint density at radius 2 is 2.13 bits per heavy atom. The molecule has 0 N–H and O–H groups in total. The first kappa shape index (κ1) is 14.6. The van der Waals surface area contributed by atoms with Crippen LogP contribution in [-0.4, -0.2) is 24.9 Å². The first-order valence-electron chi connectivity index (χ1n) is 5.37. The topological polar surface area (TPSA) is 53.3 Å². The van der Waals surface area contributed by atoms with E-state index in [-0.39, 0.29) is 0 Å². The van der Waals surface area contributed by atoms with Crippen LogP contribution in [0.5, 0.6) is 0 Å². The molecule has 2 atom stereocenters. The fourth-order valence-electron chi connectivity index (χ4n) is 1.19. The predicted octanol–water partition coefficient (Wildman–Crippen LogP) is 3.07. The number of nitrogens with zero attached hydrogens (tertiary/aromatic N) is 2. The highest BCUT2D eigenvalue weighted by molar-refractivity contribution is 7.61. The van der Waals surface area contributed by atoms with Crippen molar-refractivity contribution in [3.8, 4) is 5.81 Å². The second kappa shape index (κ2) is 7.00. The molecule has 2 unspecified atom stereocenters. The third kappa shape index (κ3) is 4.79. The van der Waals surface area contributed by atoms with Gasteiger partial charge in [-0.3, -0.25) is 4.57 Å². The molecule has 0 bridgehead atoms. The Morgan fingerprint density at radius 3 is 2.53 bits per heavy atom. The quantitative estimate of drug-likeness (QED) is 0.633. The molecule has 0 aromatic rings. The van der Waals surface area contributed by atoms with Crippen LogP contribution in [0.15, 0.2) is 0 Å². The number of nitriles is 1. The largest absolute Gasteiger partial charge is 0.370 e. The van der Waals surface area contributed by atoms with Gasteiger partial charge in [0, 0.05) is 6.54 Å². The van der Waals surface area contributed by atoms with Crippen molar-refractivity contribution in [1.29, 1.82) is 5.26 Å². The van der Waals surface area contributed by atoms with Gasteiger partial charge in [-0.1, -0.05) is 27.2 Å². The molecule has 0 saturated heterocycles. The third-order valence-electron chi connectivity index (χ3n) is 2.35. The molecule has 0 saturated carbocycles. The summed E-state index contributed by atoms with van der Waals surface area (Å²) >= 11 is 0.